The summed E-state index contributed by atoms with van der Waals surface area (Å²) in [4.78, 5) is 0. The van der Waals surface area contributed by atoms with E-state index in [0.29, 0.717) is 19.8 Å². The van der Waals surface area contributed by atoms with Crippen molar-refractivity contribution in [3.8, 4) is 0 Å². The number of benzene rings is 1. The third kappa shape index (κ3) is 3.85. The lowest BCUT2D eigenvalue weighted by Crippen LogP contribution is -2.16. The molecule has 20 heavy (non-hydrogen) atoms. The van der Waals surface area contributed by atoms with E-state index in [2.05, 4.69) is 12.0 Å². The van der Waals surface area contributed by atoms with Crippen molar-refractivity contribution in [3.63, 3.8) is 0 Å². The quantitative estimate of drug-likeness (QED) is 0.622. The highest BCUT2D eigenvalue weighted by Crippen LogP contribution is 2.16. The summed E-state index contributed by atoms with van der Waals surface area (Å²) in [5.41, 5.74) is 5.12. The van der Waals surface area contributed by atoms with Crippen molar-refractivity contribution in [1.29, 1.82) is 0 Å². The van der Waals surface area contributed by atoms with E-state index in [0.717, 1.165) is 11.3 Å². The Hall–Kier alpha value is -1.78. The number of halogens is 2. The normalized spacial score (nSPS) is 10.5. The fourth-order valence-electron chi connectivity index (χ4n) is 1.76. The van der Waals surface area contributed by atoms with E-state index in [9.17, 15) is 4.39 Å². The van der Waals surface area contributed by atoms with Crippen LogP contribution in [-0.4, -0.2) is 11.3 Å². The third-order valence-corrected chi connectivity index (χ3v) is 3.05. The average Bonchev–Trinajstić information content (AvgIpc) is 2.88. The lowest BCUT2D eigenvalue weighted by atomic mass is 10.2. The van der Waals surface area contributed by atoms with Crippen LogP contribution in [0.1, 0.15) is 11.3 Å². The topological polar surface area (TPSA) is 26.2 Å². The standard InChI is InChI=1S/C15H16ClFN2O/c1-2-8-20-11-13-4-3-7-19(13)18-10-12-5-6-15(17)14(16)9-12/h2-7,9,18H,1,8,10-11H2. The van der Waals surface area contributed by atoms with Crippen LogP contribution in [0.3, 0.4) is 0 Å². The van der Waals surface area contributed by atoms with Gasteiger partial charge in [0.05, 0.1) is 30.5 Å². The maximum absolute atomic E-state index is 13.1. The Labute approximate surface area is 122 Å². The Kier molecular flexibility index (Phi) is 5.21. The molecule has 0 bridgehead atoms. The van der Waals surface area contributed by atoms with E-state index >= 15 is 0 Å². The third-order valence-electron chi connectivity index (χ3n) is 2.76. The van der Waals surface area contributed by atoms with Crippen LogP contribution in [0.25, 0.3) is 0 Å². The van der Waals surface area contributed by atoms with Crippen molar-refractivity contribution >= 4 is 11.6 Å². The van der Waals surface area contributed by atoms with Gasteiger partial charge in [0.15, 0.2) is 0 Å². The van der Waals surface area contributed by atoms with Crippen molar-refractivity contribution in [2.45, 2.75) is 13.2 Å². The lowest BCUT2D eigenvalue weighted by Gasteiger charge is -2.12. The molecule has 0 saturated heterocycles. The fraction of sp³-hybridized carbons (Fsp3) is 0.200. The minimum absolute atomic E-state index is 0.131. The van der Waals surface area contributed by atoms with Gasteiger partial charge in [0.1, 0.15) is 5.82 Å². The van der Waals surface area contributed by atoms with E-state index in [1.807, 2.05) is 23.0 Å². The van der Waals surface area contributed by atoms with E-state index in [4.69, 9.17) is 16.3 Å². The largest absolute Gasteiger partial charge is 0.371 e. The molecule has 0 aliphatic rings. The summed E-state index contributed by atoms with van der Waals surface area (Å²) >= 11 is 5.75. The van der Waals surface area contributed by atoms with E-state index in [1.54, 1.807) is 18.2 Å². The van der Waals surface area contributed by atoms with Crippen LogP contribution in [0.5, 0.6) is 0 Å². The van der Waals surface area contributed by atoms with Gasteiger partial charge in [-0.05, 0) is 29.8 Å². The van der Waals surface area contributed by atoms with E-state index in [-0.39, 0.29) is 5.02 Å². The summed E-state index contributed by atoms with van der Waals surface area (Å²) in [5.74, 6) is -0.408. The first-order valence-electron chi connectivity index (χ1n) is 6.23. The first-order chi connectivity index (χ1) is 9.70. The number of hydrogen-bond acceptors (Lipinski definition) is 2. The van der Waals surface area contributed by atoms with E-state index in [1.165, 1.54) is 6.07 Å². The molecule has 1 aromatic heterocycles. The minimum Gasteiger partial charge on any atom is -0.371 e. The van der Waals surface area contributed by atoms with Gasteiger partial charge in [-0.2, -0.15) is 0 Å². The molecular weight excluding hydrogens is 279 g/mol. The van der Waals surface area contributed by atoms with Gasteiger partial charge in [0.2, 0.25) is 0 Å². The molecule has 0 atom stereocenters. The maximum Gasteiger partial charge on any atom is 0.141 e. The fourth-order valence-corrected chi connectivity index (χ4v) is 1.96. The zero-order valence-electron chi connectivity index (χ0n) is 11.0. The van der Waals surface area contributed by atoms with Crippen LogP contribution in [0.4, 0.5) is 4.39 Å². The highest BCUT2D eigenvalue weighted by Gasteiger charge is 2.03. The highest BCUT2D eigenvalue weighted by atomic mass is 35.5. The summed E-state index contributed by atoms with van der Waals surface area (Å²) in [6.07, 6.45) is 3.61. The van der Waals surface area contributed by atoms with Crippen LogP contribution >= 0.6 is 11.6 Å². The maximum atomic E-state index is 13.1. The van der Waals surface area contributed by atoms with Crippen molar-refractivity contribution in [1.82, 2.24) is 4.68 Å². The van der Waals surface area contributed by atoms with Crippen molar-refractivity contribution in [2.75, 3.05) is 12.0 Å². The number of rotatable bonds is 7. The number of hydrogen-bond donors (Lipinski definition) is 1. The Morgan fingerprint density at radius 2 is 2.25 bits per heavy atom. The van der Waals surface area contributed by atoms with Crippen LogP contribution in [0, 0.1) is 5.82 Å². The molecule has 1 heterocycles. The zero-order chi connectivity index (χ0) is 14.4. The van der Waals surface area contributed by atoms with Gasteiger partial charge < -0.3 is 10.2 Å². The molecule has 0 aliphatic heterocycles. The number of nitrogens with one attached hydrogen (secondary N) is 1. The lowest BCUT2D eigenvalue weighted by molar-refractivity contribution is 0.144. The predicted molar refractivity (Wildman–Crippen MR) is 78.8 cm³/mol. The number of nitrogens with zero attached hydrogens (tertiary/aromatic N) is 1. The molecule has 0 unspecified atom stereocenters. The molecule has 5 heteroatoms. The molecule has 2 aromatic rings. The Morgan fingerprint density at radius 1 is 1.40 bits per heavy atom. The van der Waals surface area contributed by atoms with Gasteiger partial charge >= 0.3 is 0 Å². The van der Waals surface area contributed by atoms with Gasteiger partial charge in [-0.1, -0.05) is 23.7 Å². The smallest absolute Gasteiger partial charge is 0.141 e. The number of ether oxygens (including phenoxy) is 1. The first-order valence-corrected chi connectivity index (χ1v) is 6.61. The Bertz CT molecular complexity index is 583. The molecule has 0 aliphatic carbocycles. The SMILES string of the molecule is C=CCOCc1cccn1NCc1ccc(F)c(Cl)c1. The van der Waals surface area contributed by atoms with Crippen molar-refractivity contribution < 1.29 is 9.13 Å². The Morgan fingerprint density at radius 3 is 3.00 bits per heavy atom. The second-order valence-corrected chi connectivity index (χ2v) is 4.66. The molecule has 3 nitrogen and oxygen atoms in total. The number of aromatic nitrogens is 1. The van der Waals surface area contributed by atoms with Gasteiger partial charge in [-0.25, -0.2) is 4.39 Å². The van der Waals surface area contributed by atoms with E-state index < -0.39 is 5.82 Å². The van der Waals surface area contributed by atoms with Crippen LogP contribution in [-0.2, 0) is 17.9 Å². The second kappa shape index (κ2) is 7.12. The summed E-state index contributed by atoms with van der Waals surface area (Å²) < 4.78 is 20.3. The molecular formula is C15H16ClFN2O. The molecule has 0 saturated carbocycles. The van der Waals surface area contributed by atoms with Crippen molar-refractivity contribution in [3.05, 3.63) is 71.3 Å². The van der Waals surface area contributed by atoms with Crippen LogP contribution < -0.4 is 5.43 Å². The molecule has 0 fully saturated rings. The molecule has 1 N–H and O–H groups in total. The predicted octanol–water partition coefficient (Wildman–Crippen LogP) is 3.73. The average molecular weight is 295 g/mol. The second-order valence-electron chi connectivity index (χ2n) is 4.26. The summed E-state index contributed by atoms with van der Waals surface area (Å²) in [6.45, 7) is 5.16. The minimum atomic E-state index is -0.408. The highest BCUT2D eigenvalue weighted by molar-refractivity contribution is 6.30. The monoisotopic (exact) mass is 294 g/mol. The molecule has 2 rings (SSSR count). The van der Waals surface area contributed by atoms with Crippen molar-refractivity contribution in [2.24, 2.45) is 0 Å². The van der Waals surface area contributed by atoms with Gasteiger partial charge in [-0.3, -0.25) is 4.68 Å². The molecule has 0 radical (unpaired) electrons. The van der Waals surface area contributed by atoms with Gasteiger partial charge in [-0.15, -0.1) is 6.58 Å². The van der Waals surface area contributed by atoms with Gasteiger partial charge in [0, 0.05) is 6.20 Å². The van der Waals surface area contributed by atoms with Crippen LogP contribution in [0.2, 0.25) is 5.02 Å². The zero-order valence-corrected chi connectivity index (χ0v) is 11.7. The summed E-state index contributed by atoms with van der Waals surface area (Å²) in [5, 5.41) is 0.131. The molecule has 1 aromatic carbocycles. The summed E-state index contributed by atoms with van der Waals surface area (Å²) in [7, 11) is 0. The summed E-state index contributed by atoms with van der Waals surface area (Å²) in [6, 6.07) is 8.57. The van der Waals surface area contributed by atoms with Gasteiger partial charge in [0.25, 0.3) is 0 Å². The molecule has 0 spiro atoms. The Balaban J connectivity index is 1.94. The molecule has 0 amide bonds. The van der Waals surface area contributed by atoms with Crippen LogP contribution in [0.15, 0.2) is 49.2 Å². The first kappa shape index (κ1) is 14.6. The molecule has 106 valence electrons.